The number of amides is 1. The first-order valence-electron chi connectivity index (χ1n) is 6.57. The highest BCUT2D eigenvalue weighted by atomic mass is 32.2. The lowest BCUT2D eigenvalue weighted by atomic mass is 10.2. The third kappa shape index (κ3) is 6.41. The van der Waals surface area contributed by atoms with Crippen molar-refractivity contribution >= 4 is 21.6 Å². The number of benzene rings is 1. The molecule has 1 rings (SSSR count). The minimum atomic E-state index is -4.50. The van der Waals surface area contributed by atoms with E-state index in [-0.39, 0.29) is 25.2 Å². The molecule has 0 saturated carbocycles. The van der Waals surface area contributed by atoms with Crippen molar-refractivity contribution in [2.75, 3.05) is 24.7 Å². The van der Waals surface area contributed by atoms with E-state index in [1.165, 1.54) is 18.2 Å². The van der Waals surface area contributed by atoms with E-state index in [4.69, 9.17) is 0 Å². The Bertz CT molecular complexity index is 672. The molecule has 1 aromatic carbocycles. The van der Waals surface area contributed by atoms with Crippen LogP contribution in [-0.2, 0) is 21.0 Å². The van der Waals surface area contributed by atoms with Crippen LogP contribution in [0.3, 0.4) is 0 Å². The average molecular weight is 350 g/mol. The average Bonchev–Trinajstić information content (AvgIpc) is 2.41. The van der Waals surface area contributed by atoms with Gasteiger partial charge in [0, 0.05) is 25.2 Å². The molecule has 0 heterocycles. The predicted molar refractivity (Wildman–Crippen MR) is 81.3 cm³/mol. The highest BCUT2D eigenvalue weighted by Crippen LogP contribution is 2.30. The number of alkyl halides is 3. The normalized spacial score (nSPS) is 12.2. The third-order valence-corrected chi connectivity index (χ3v) is 4.13. The molecule has 0 fully saturated rings. The van der Waals surface area contributed by atoms with Gasteiger partial charge < -0.3 is 5.32 Å². The van der Waals surface area contributed by atoms with Crippen LogP contribution in [0.25, 0.3) is 0 Å². The molecule has 0 spiro atoms. The number of nitrogens with one attached hydrogen (secondary N) is 1. The van der Waals surface area contributed by atoms with Crippen molar-refractivity contribution in [2.24, 2.45) is 0 Å². The second kappa shape index (κ2) is 7.60. The molecule has 1 amide bonds. The maximum atomic E-state index is 12.6. The van der Waals surface area contributed by atoms with E-state index in [1.807, 2.05) is 0 Å². The van der Waals surface area contributed by atoms with E-state index in [1.54, 1.807) is 0 Å². The Balaban J connectivity index is 2.69. The molecule has 0 bridgehead atoms. The number of anilines is 1. The zero-order chi connectivity index (χ0) is 17.7. The lowest BCUT2D eigenvalue weighted by molar-refractivity contribution is -0.137. The van der Waals surface area contributed by atoms with Crippen molar-refractivity contribution in [2.45, 2.75) is 12.6 Å². The first-order valence-corrected chi connectivity index (χ1v) is 8.42. The van der Waals surface area contributed by atoms with Crippen LogP contribution in [0.4, 0.5) is 18.9 Å². The molecule has 1 N–H and O–H groups in total. The second-order valence-electron chi connectivity index (χ2n) is 4.79. The van der Waals surface area contributed by atoms with Crippen molar-refractivity contribution in [3.05, 3.63) is 42.5 Å². The third-order valence-electron chi connectivity index (χ3n) is 2.86. The number of carbonyl (C=O) groups excluding carboxylic acids is 1. The van der Waals surface area contributed by atoms with Gasteiger partial charge in [-0.3, -0.25) is 4.79 Å². The summed E-state index contributed by atoms with van der Waals surface area (Å²) in [6.07, 6.45) is -2.30. The van der Waals surface area contributed by atoms with Gasteiger partial charge in [-0.2, -0.15) is 17.5 Å². The van der Waals surface area contributed by atoms with Crippen LogP contribution in [0.1, 0.15) is 12.0 Å². The van der Waals surface area contributed by atoms with E-state index in [0.29, 0.717) is 0 Å². The van der Waals surface area contributed by atoms with Crippen LogP contribution in [0.5, 0.6) is 0 Å². The summed E-state index contributed by atoms with van der Waals surface area (Å²) in [6.45, 7) is 3.39. The minimum absolute atomic E-state index is 0.000508. The molecule has 0 aromatic heterocycles. The standard InChI is InChI=1S/C14H17F3N2O3S/c1-3-8-19(23(2,21)22)9-7-13(20)18-12-6-4-5-11(10-12)14(15,16)17/h3-6,10H,1,7-9H2,2H3,(H,18,20). The van der Waals surface area contributed by atoms with Gasteiger partial charge in [-0.05, 0) is 18.2 Å². The minimum Gasteiger partial charge on any atom is -0.326 e. The van der Waals surface area contributed by atoms with Crippen molar-refractivity contribution < 1.29 is 26.4 Å². The maximum absolute atomic E-state index is 12.6. The summed E-state index contributed by atoms with van der Waals surface area (Å²) in [4.78, 5) is 11.8. The fourth-order valence-corrected chi connectivity index (χ4v) is 2.56. The van der Waals surface area contributed by atoms with Gasteiger partial charge in [-0.1, -0.05) is 12.1 Å². The molecule has 0 unspecified atom stereocenters. The lowest BCUT2D eigenvalue weighted by Crippen LogP contribution is -2.33. The quantitative estimate of drug-likeness (QED) is 0.769. The van der Waals surface area contributed by atoms with E-state index in [2.05, 4.69) is 11.9 Å². The molecule has 0 aliphatic rings. The van der Waals surface area contributed by atoms with E-state index < -0.39 is 27.7 Å². The van der Waals surface area contributed by atoms with Gasteiger partial charge >= 0.3 is 6.18 Å². The molecule has 0 radical (unpaired) electrons. The Labute approximate surface area is 132 Å². The van der Waals surface area contributed by atoms with E-state index in [9.17, 15) is 26.4 Å². The SMILES string of the molecule is C=CCN(CCC(=O)Nc1cccc(C(F)(F)F)c1)S(C)(=O)=O. The topological polar surface area (TPSA) is 66.5 Å². The smallest absolute Gasteiger partial charge is 0.326 e. The summed E-state index contributed by atoms with van der Waals surface area (Å²) >= 11 is 0. The first-order chi connectivity index (χ1) is 10.5. The van der Waals surface area contributed by atoms with Crippen LogP contribution in [0.2, 0.25) is 0 Å². The monoisotopic (exact) mass is 350 g/mol. The molecular weight excluding hydrogens is 333 g/mol. The summed E-state index contributed by atoms with van der Waals surface area (Å²) < 4.78 is 61.7. The fraction of sp³-hybridized carbons (Fsp3) is 0.357. The molecule has 128 valence electrons. The molecule has 0 saturated heterocycles. The molecule has 5 nitrogen and oxygen atoms in total. The number of hydrogen-bond acceptors (Lipinski definition) is 3. The first kappa shape index (κ1) is 19.2. The number of rotatable bonds is 7. The van der Waals surface area contributed by atoms with Gasteiger partial charge in [-0.25, -0.2) is 8.42 Å². The number of sulfonamides is 1. The summed E-state index contributed by atoms with van der Waals surface area (Å²) in [5.74, 6) is -0.581. The summed E-state index contributed by atoms with van der Waals surface area (Å²) in [7, 11) is -3.49. The van der Waals surface area contributed by atoms with Crippen LogP contribution in [0.15, 0.2) is 36.9 Å². The Hall–Kier alpha value is -1.87. The zero-order valence-electron chi connectivity index (χ0n) is 12.4. The Morgan fingerprint density at radius 1 is 1.39 bits per heavy atom. The van der Waals surface area contributed by atoms with Gasteiger partial charge in [0.25, 0.3) is 0 Å². The van der Waals surface area contributed by atoms with E-state index in [0.717, 1.165) is 22.7 Å². The van der Waals surface area contributed by atoms with E-state index >= 15 is 0 Å². The molecule has 0 aliphatic heterocycles. The van der Waals surface area contributed by atoms with Gasteiger partial charge in [0.1, 0.15) is 0 Å². The van der Waals surface area contributed by atoms with Crippen molar-refractivity contribution in [3.8, 4) is 0 Å². The molecule has 0 atom stereocenters. The highest BCUT2D eigenvalue weighted by Gasteiger charge is 2.30. The Kier molecular flexibility index (Phi) is 6.34. The summed E-state index contributed by atoms with van der Waals surface area (Å²) in [6, 6.07) is 4.21. The number of halogens is 3. The van der Waals surface area contributed by atoms with Crippen molar-refractivity contribution in [3.63, 3.8) is 0 Å². The Morgan fingerprint density at radius 3 is 2.57 bits per heavy atom. The van der Waals surface area contributed by atoms with Gasteiger partial charge in [0.2, 0.25) is 15.9 Å². The number of nitrogens with zero attached hydrogens (tertiary/aromatic N) is 1. The van der Waals surface area contributed by atoms with Crippen molar-refractivity contribution in [1.29, 1.82) is 0 Å². The highest BCUT2D eigenvalue weighted by molar-refractivity contribution is 7.88. The molecule has 1 aromatic rings. The van der Waals surface area contributed by atoms with Gasteiger partial charge in [-0.15, -0.1) is 6.58 Å². The molecule has 9 heteroatoms. The second-order valence-corrected chi connectivity index (χ2v) is 6.77. The van der Waals surface area contributed by atoms with Crippen LogP contribution in [0, 0.1) is 0 Å². The van der Waals surface area contributed by atoms with Crippen LogP contribution >= 0.6 is 0 Å². The van der Waals surface area contributed by atoms with Crippen molar-refractivity contribution in [1.82, 2.24) is 4.31 Å². The largest absolute Gasteiger partial charge is 0.416 e. The molecular formula is C14H17F3N2O3S. The molecule has 0 aliphatic carbocycles. The number of carbonyl (C=O) groups is 1. The van der Waals surface area contributed by atoms with Crippen LogP contribution in [-0.4, -0.2) is 38.0 Å². The number of hydrogen-bond donors (Lipinski definition) is 1. The predicted octanol–water partition coefficient (Wildman–Crippen LogP) is 2.48. The van der Waals surface area contributed by atoms with Gasteiger partial charge in [0.05, 0.1) is 11.8 Å². The summed E-state index contributed by atoms with van der Waals surface area (Å²) in [5, 5.41) is 2.32. The van der Waals surface area contributed by atoms with Gasteiger partial charge in [0.15, 0.2) is 0 Å². The zero-order valence-corrected chi connectivity index (χ0v) is 13.2. The fourth-order valence-electron chi connectivity index (χ4n) is 1.76. The lowest BCUT2D eigenvalue weighted by Gasteiger charge is -2.17. The summed E-state index contributed by atoms with van der Waals surface area (Å²) in [5.41, 5.74) is -0.876. The maximum Gasteiger partial charge on any atom is 0.416 e. The van der Waals surface area contributed by atoms with Crippen LogP contribution < -0.4 is 5.32 Å². The molecule has 23 heavy (non-hydrogen) atoms. The Morgan fingerprint density at radius 2 is 2.04 bits per heavy atom.